The molecule has 0 radical (unpaired) electrons. The summed E-state index contributed by atoms with van der Waals surface area (Å²) in [4.78, 5) is 12.1. The summed E-state index contributed by atoms with van der Waals surface area (Å²) in [6, 6.07) is 9.84. The first-order valence-corrected chi connectivity index (χ1v) is 6.22. The molecule has 4 nitrogen and oxygen atoms in total. The van der Waals surface area contributed by atoms with Gasteiger partial charge in [-0.2, -0.15) is 5.10 Å². The van der Waals surface area contributed by atoms with E-state index in [0.717, 1.165) is 0 Å². The predicted octanol–water partition coefficient (Wildman–Crippen LogP) is 2.87. The van der Waals surface area contributed by atoms with Gasteiger partial charge in [0.2, 0.25) is 0 Å². The SMILES string of the molecule is O=C(N/N=C/c1cccc(O)c1)c1ccc(Cl)s1. The molecular weight excluding hydrogens is 272 g/mol. The molecule has 0 spiro atoms. The van der Waals surface area contributed by atoms with Gasteiger partial charge in [0, 0.05) is 0 Å². The summed E-state index contributed by atoms with van der Waals surface area (Å²) in [5.41, 5.74) is 3.07. The van der Waals surface area contributed by atoms with Crippen molar-refractivity contribution in [3.05, 3.63) is 51.2 Å². The first-order valence-electron chi connectivity index (χ1n) is 5.03. The summed E-state index contributed by atoms with van der Waals surface area (Å²) in [5, 5.41) is 13.0. The first-order chi connectivity index (χ1) is 8.65. The third-order valence-corrected chi connectivity index (χ3v) is 3.28. The number of halogens is 1. The van der Waals surface area contributed by atoms with Crippen LogP contribution in [0.15, 0.2) is 41.5 Å². The van der Waals surface area contributed by atoms with Crippen molar-refractivity contribution in [1.82, 2.24) is 5.43 Å². The number of benzene rings is 1. The predicted molar refractivity (Wildman–Crippen MR) is 72.5 cm³/mol. The Hall–Kier alpha value is -1.85. The Labute approximate surface area is 113 Å². The van der Waals surface area contributed by atoms with Gasteiger partial charge >= 0.3 is 0 Å². The number of hydrogen-bond donors (Lipinski definition) is 2. The number of nitrogens with one attached hydrogen (secondary N) is 1. The van der Waals surface area contributed by atoms with Gasteiger partial charge in [-0.15, -0.1) is 11.3 Å². The van der Waals surface area contributed by atoms with E-state index >= 15 is 0 Å². The van der Waals surface area contributed by atoms with Crippen LogP contribution in [0.25, 0.3) is 0 Å². The molecule has 6 heteroatoms. The summed E-state index contributed by atoms with van der Waals surface area (Å²) in [5.74, 6) is -0.168. The molecule has 2 rings (SSSR count). The minimum Gasteiger partial charge on any atom is -0.508 e. The van der Waals surface area contributed by atoms with Gasteiger partial charge in [0.25, 0.3) is 5.91 Å². The lowest BCUT2D eigenvalue weighted by Gasteiger charge is -1.96. The number of phenols is 1. The van der Waals surface area contributed by atoms with Crippen LogP contribution < -0.4 is 5.43 Å². The smallest absolute Gasteiger partial charge is 0.281 e. The zero-order valence-electron chi connectivity index (χ0n) is 9.13. The van der Waals surface area contributed by atoms with Gasteiger partial charge in [-0.1, -0.05) is 23.7 Å². The number of carbonyl (C=O) groups is 1. The molecule has 2 N–H and O–H groups in total. The van der Waals surface area contributed by atoms with Crippen molar-refractivity contribution in [2.24, 2.45) is 5.10 Å². The minimum absolute atomic E-state index is 0.148. The molecule has 1 heterocycles. The third-order valence-electron chi connectivity index (χ3n) is 2.05. The number of amides is 1. The molecule has 0 saturated carbocycles. The van der Waals surface area contributed by atoms with Gasteiger partial charge < -0.3 is 5.11 Å². The lowest BCUT2D eigenvalue weighted by molar-refractivity contribution is 0.0959. The highest BCUT2D eigenvalue weighted by molar-refractivity contribution is 7.17. The summed E-state index contributed by atoms with van der Waals surface area (Å²) in [6.07, 6.45) is 1.45. The number of hydrogen-bond acceptors (Lipinski definition) is 4. The second-order valence-corrected chi connectivity index (χ2v) is 5.11. The zero-order valence-corrected chi connectivity index (χ0v) is 10.7. The van der Waals surface area contributed by atoms with Crippen LogP contribution >= 0.6 is 22.9 Å². The topological polar surface area (TPSA) is 61.7 Å². The summed E-state index contributed by atoms with van der Waals surface area (Å²) in [6.45, 7) is 0. The molecule has 1 aromatic carbocycles. The van der Waals surface area contributed by atoms with Crippen molar-refractivity contribution in [2.75, 3.05) is 0 Å². The molecule has 0 bridgehead atoms. The number of phenolic OH excluding ortho intramolecular Hbond substituents is 1. The molecular formula is C12H9ClN2O2S. The highest BCUT2D eigenvalue weighted by Crippen LogP contribution is 2.21. The van der Waals surface area contributed by atoms with E-state index in [1.165, 1.54) is 23.6 Å². The fourth-order valence-corrected chi connectivity index (χ4v) is 2.19. The molecule has 18 heavy (non-hydrogen) atoms. The fraction of sp³-hybridized carbons (Fsp3) is 0. The van der Waals surface area contributed by atoms with Gasteiger partial charge in [-0.25, -0.2) is 5.43 Å². The van der Waals surface area contributed by atoms with Gasteiger partial charge in [0.1, 0.15) is 5.75 Å². The molecule has 0 saturated heterocycles. The third kappa shape index (κ3) is 3.32. The first kappa shape index (κ1) is 12.6. The van der Waals surface area contributed by atoms with Crippen LogP contribution in [0.3, 0.4) is 0 Å². The maximum absolute atomic E-state index is 11.6. The van der Waals surface area contributed by atoms with E-state index in [1.807, 2.05) is 0 Å². The van der Waals surface area contributed by atoms with Crippen LogP contribution in [0.1, 0.15) is 15.2 Å². The maximum atomic E-state index is 11.6. The lowest BCUT2D eigenvalue weighted by Crippen LogP contribution is -2.16. The van der Waals surface area contributed by atoms with Crippen LogP contribution in [0.5, 0.6) is 5.75 Å². The Morgan fingerprint density at radius 2 is 2.22 bits per heavy atom. The van der Waals surface area contributed by atoms with Crippen molar-refractivity contribution in [3.8, 4) is 5.75 Å². The largest absolute Gasteiger partial charge is 0.508 e. The number of hydrazone groups is 1. The maximum Gasteiger partial charge on any atom is 0.281 e. The number of rotatable bonds is 3. The molecule has 0 unspecified atom stereocenters. The molecule has 0 aliphatic carbocycles. The summed E-state index contributed by atoms with van der Waals surface area (Å²) >= 11 is 6.91. The quantitative estimate of drug-likeness (QED) is 0.671. The summed E-state index contributed by atoms with van der Waals surface area (Å²) in [7, 11) is 0. The molecule has 0 aliphatic rings. The van der Waals surface area contributed by atoms with E-state index in [1.54, 1.807) is 30.3 Å². The van der Waals surface area contributed by atoms with Crippen molar-refractivity contribution in [3.63, 3.8) is 0 Å². The average Bonchev–Trinajstić information content (AvgIpc) is 2.76. The highest BCUT2D eigenvalue weighted by Gasteiger charge is 2.06. The van der Waals surface area contributed by atoms with Crippen molar-refractivity contribution in [1.29, 1.82) is 0 Å². The van der Waals surface area contributed by atoms with Gasteiger partial charge in [0.15, 0.2) is 0 Å². The van der Waals surface area contributed by atoms with Gasteiger partial charge in [0.05, 0.1) is 15.4 Å². The molecule has 0 aliphatic heterocycles. The van der Waals surface area contributed by atoms with Crippen molar-refractivity contribution < 1.29 is 9.90 Å². The number of carbonyl (C=O) groups excluding carboxylic acids is 1. The molecule has 0 fully saturated rings. The standard InChI is InChI=1S/C12H9ClN2O2S/c13-11-5-4-10(18-11)12(17)15-14-7-8-2-1-3-9(16)6-8/h1-7,16H,(H,15,17)/b14-7+. The zero-order chi connectivity index (χ0) is 13.0. The van der Waals surface area contributed by atoms with Crippen LogP contribution in [0.4, 0.5) is 0 Å². The molecule has 2 aromatic rings. The molecule has 1 aromatic heterocycles. The lowest BCUT2D eigenvalue weighted by atomic mass is 10.2. The Kier molecular flexibility index (Phi) is 3.96. The Balaban J connectivity index is 1.97. The molecule has 1 amide bonds. The number of nitrogens with zero attached hydrogens (tertiary/aromatic N) is 1. The minimum atomic E-state index is -0.316. The van der Waals surface area contributed by atoms with Crippen LogP contribution in [-0.4, -0.2) is 17.2 Å². The van der Waals surface area contributed by atoms with Gasteiger partial charge in [-0.3, -0.25) is 4.79 Å². The Morgan fingerprint density at radius 3 is 2.89 bits per heavy atom. The number of thiophene rings is 1. The second-order valence-electron chi connectivity index (χ2n) is 3.40. The van der Waals surface area contributed by atoms with E-state index < -0.39 is 0 Å². The van der Waals surface area contributed by atoms with Gasteiger partial charge in [-0.05, 0) is 29.8 Å². The van der Waals surface area contributed by atoms with Crippen molar-refractivity contribution >= 4 is 35.1 Å². The van der Waals surface area contributed by atoms with E-state index in [2.05, 4.69) is 10.5 Å². The van der Waals surface area contributed by atoms with Crippen LogP contribution in [-0.2, 0) is 0 Å². The second kappa shape index (κ2) is 5.66. The van der Waals surface area contributed by atoms with Crippen LogP contribution in [0, 0.1) is 0 Å². The van der Waals surface area contributed by atoms with E-state index in [-0.39, 0.29) is 11.7 Å². The monoisotopic (exact) mass is 280 g/mol. The fourth-order valence-electron chi connectivity index (χ4n) is 1.26. The Bertz CT molecular complexity index is 595. The molecule has 0 atom stereocenters. The van der Waals surface area contributed by atoms with Crippen LogP contribution in [0.2, 0.25) is 4.34 Å². The van der Waals surface area contributed by atoms with E-state index in [9.17, 15) is 9.90 Å². The summed E-state index contributed by atoms with van der Waals surface area (Å²) < 4.78 is 0.553. The van der Waals surface area contributed by atoms with E-state index in [0.29, 0.717) is 14.8 Å². The average molecular weight is 281 g/mol. The number of aromatic hydroxyl groups is 1. The Morgan fingerprint density at radius 1 is 1.39 bits per heavy atom. The van der Waals surface area contributed by atoms with Crippen molar-refractivity contribution in [2.45, 2.75) is 0 Å². The van der Waals surface area contributed by atoms with E-state index in [4.69, 9.17) is 11.6 Å². The molecule has 92 valence electrons. The normalized spacial score (nSPS) is 10.7. The highest BCUT2D eigenvalue weighted by atomic mass is 35.5.